The molecule has 1 unspecified atom stereocenters. The van der Waals surface area contributed by atoms with Crippen LogP contribution in [0.4, 0.5) is 20.6 Å². The van der Waals surface area contributed by atoms with Crippen LogP contribution in [-0.2, 0) is 4.79 Å². The molecule has 1 fully saturated rings. The van der Waals surface area contributed by atoms with Crippen molar-refractivity contribution in [2.45, 2.75) is 12.8 Å². The van der Waals surface area contributed by atoms with E-state index in [-0.39, 0.29) is 30.1 Å². The van der Waals surface area contributed by atoms with Gasteiger partial charge in [-0.25, -0.2) is 9.18 Å². The third-order valence-electron chi connectivity index (χ3n) is 4.56. The number of halogens is 1. The summed E-state index contributed by atoms with van der Waals surface area (Å²) in [5.74, 6) is -0.583. The molecule has 6 nitrogen and oxygen atoms in total. The number of hydrogen-bond acceptors (Lipinski definition) is 3. The first kappa shape index (κ1) is 18.7. The van der Waals surface area contributed by atoms with E-state index in [1.165, 1.54) is 19.2 Å². The van der Waals surface area contributed by atoms with E-state index in [0.29, 0.717) is 30.8 Å². The van der Waals surface area contributed by atoms with Crippen molar-refractivity contribution in [1.29, 1.82) is 0 Å². The van der Waals surface area contributed by atoms with Crippen molar-refractivity contribution >= 4 is 23.3 Å². The van der Waals surface area contributed by atoms with Gasteiger partial charge in [0.25, 0.3) is 0 Å². The first-order valence-corrected chi connectivity index (χ1v) is 8.83. The Morgan fingerprint density at radius 1 is 1.07 bits per heavy atom. The zero-order chi connectivity index (χ0) is 19.2. The summed E-state index contributed by atoms with van der Waals surface area (Å²) in [5, 5.41) is 5.43. The van der Waals surface area contributed by atoms with Crippen LogP contribution >= 0.6 is 0 Å². The highest BCUT2D eigenvalue weighted by Crippen LogP contribution is 2.25. The van der Waals surface area contributed by atoms with Crippen LogP contribution in [0, 0.1) is 11.7 Å². The number of anilines is 2. The van der Waals surface area contributed by atoms with Gasteiger partial charge < -0.3 is 20.3 Å². The standard InChI is InChI=1S/C20H22FN3O3/c1-27-18-11-5-4-10-17(18)23-20(26)24-12-6-7-14(13-24)19(25)22-16-9-3-2-8-15(16)21/h2-5,8-11,14H,6-7,12-13H2,1H3,(H,22,25)(H,23,26). The number of carbonyl (C=O) groups excluding carboxylic acids is 2. The highest BCUT2D eigenvalue weighted by atomic mass is 19.1. The molecule has 1 atom stereocenters. The second-order valence-corrected chi connectivity index (χ2v) is 6.38. The molecule has 0 aliphatic carbocycles. The number of carbonyl (C=O) groups is 2. The maximum Gasteiger partial charge on any atom is 0.321 e. The van der Waals surface area contributed by atoms with E-state index in [9.17, 15) is 14.0 Å². The van der Waals surface area contributed by atoms with Crippen molar-refractivity contribution in [3.63, 3.8) is 0 Å². The Kier molecular flexibility index (Phi) is 5.90. The van der Waals surface area contributed by atoms with E-state index in [2.05, 4.69) is 10.6 Å². The predicted octanol–water partition coefficient (Wildman–Crippen LogP) is 3.72. The third kappa shape index (κ3) is 4.55. The molecule has 2 aromatic rings. The molecular formula is C20H22FN3O3. The van der Waals surface area contributed by atoms with Gasteiger partial charge in [0.15, 0.2) is 0 Å². The molecule has 27 heavy (non-hydrogen) atoms. The Balaban J connectivity index is 1.62. The average molecular weight is 371 g/mol. The van der Waals surface area contributed by atoms with Crippen LogP contribution in [0.2, 0.25) is 0 Å². The maximum absolute atomic E-state index is 13.7. The average Bonchev–Trinajstić information content (AvgIpc) is 2.70. The van der Waals surface area contributed by atoms with Crippen LogP contribution in [0.1, 0.15) is 12.8 Å². The van der Waals surface area contributed by atoms with Crippen LogP contribution in [0.3, 0.4) is 0 Å². The van der Waals surface area contributed by atoms with Crippen molar-refractivity contribution in [1.82, 2.24) is 4.90 Å². The Bertz CT molecular complexity index is 828. The minimum Gasteiger partial charge on any atom is -0.495 e. The maximum atomic E-state index is 13.7. The van der Waals surface area contributed by atoms with E-state index < -0.39 is 5.82 Å². The van der Waals surface area contributed by atoms with Gasteiger partial charge in [0.05, 0.1) is 24.4 Å². The van der Waals surface area contributed by atoms with Gasteiger partial charge in [0.2, 0.25) is 5.91 Å². The first-order valence-electron chi connectivity index (χ1n) is 8.83. The number of urea groups is 1. The third-order valence-corrected chi connectivity index (χ3v) is 4.56. The summed E-state index contributed by atoms with van der Waals surface area (Å²) in [6.07, 6.45) is 1.35. The van der Waals surface area contributed by atoms with Crippen molar-refractivity contribution < 1.29 is 18.7 Å². The molecule has 142 valence electrons. The number of benzene rings is 2. The number of para-hydroxylation sites is 3. The summed E-state index contributed by atoms with van der Waals surface area (Å²) in [7, 11) is 1.54. The minimum absolute atomic E-state index is 0.151. The molecule has 3 rings (SSSR count). The molecule has 0 aromatic heterocycles. The molecule has 0 bridgehead atoms. The highest BCUT2D eigenvalue weighted by molar-refractivity contribution is 5.94. The molecule has 7 heteroatoms. The van der Waals surface area contributed by atoms with Crippen molar-refractivity contribution in [3.05, 3.63) is 54.3 Å². The normalized spacial score (nSPS) is 16.5. The second kappa shape index (κ2) is 8.53. The lowest BCUT2D eigenvalue weighted by Crippen LogP contribution is -2.45. The lowest BCUT2D eigenvalue weighted by atomic mass is 9.97. The number of hydrogen-bond donors (Lipinski definition) is 2. The van der Waals surface area contributed by atoms with Crippen molar-refractivity contribution in [2.24, 2.45) is 5.92 Å². The van der Waals surface area contributed by atoms with Gasteiger partial charge in [-0.3, -0.25) is 4.79 Å². The van der Waals surface area contributed by atoms with E-state index in [1.54, 1.807) is 35.2 Å². The SMILES string of the molecule is COc1ccccc1NC(=O)N1CCCC(C(=O)Nc2ccccc2F)C1. The fraction of sp³-hybridized carbons (Fsp3) is 0.300. The van der Waals surface area contributed by atoms with Gasteiger partial charge in [-0.2, -0.15) is 0 Å². The number of piperidine rings is 1. The number of nitrogens with one attached hydrogen (secondary N) is 2. The summed E-state index contributed by atoms with van der Waals surface area (Å²) < 4.78 is 19.0. The summed E-state index contributed by atoms with van der Waals surface area (Å²) in [6, 6.07) is 12.9. The molecule has 0 spiro atoms. The Morgan fingerprint density at radius 3 is 2.52 bits per heavy atom. The van der Waals surface area contributed by atoms with Gasteiger partial charge in [-0.1, -0.05) is 24.3 Å². The molecule has 0 saturated carbocycles. The lowest BCUT2D eigenvalue weighted by Gasteiger charge is -2.32. The second-order valence-electron chi connectivity index (χ2n) is 6.38. The topological polar surface area (TPSA) is 70.7 Å². The van der Waals surface area contributed by atoms with Gasteiger partial charge in [0, 0.05) is 13.1 Å². The fourth-order valence-electron chi connectivity index (χ4n) is 3.12. The largest absolute Gasteiger partial charge is 0.495 e. The zero-order valence-corrected chi connectivity index (χ0v) is 15.1. The van der Waals surface area contributed by atoms with Gasteiger partial charge >= 0.3 is 6.03 Å². The van der Waals surface area contributed by atoms with Crippen molar-refractivity contribution in [3.8, 4) is 5.75 Å². The highest BCUT2D eigenvalue weighted by Gasteiger charge is 2.29. The molecule has 1 saturated heterocycles. The summed E-state index contributed by atoms with van der Waals surface area (Å²) in [5.41, 5.74) is 0.723. The van der Waals surface area contributed by atoms with E-state index in [4.69, 9.17) is 4.74 Å². The monoisotopic (exact) mass is 371 g/mol. The number of amides is 3. The Morgan fingerprint density at radius 2 is 1.78 bits per heavy atom. The summed E-state index contributed by atoms with van der Waals surface area (Å²) in [4.78, 5) is 26.7. The van der Waals surface area contributed by atoms with E-state index in [1.807, 2.05) is 6.07 Å². The molecule has 1 heterocycles. The molecule has 0 radical (unpaired) electrons. The molecule has 2 aromatic carbocycles. The Hall–Kier alpha value is -3.09. The number of ether oxygens (including phenoxy) is 1. The molecule has 1 aliphatic rings. The minimum atomic E-state index is -0.479. The van der Waals surface area contributed by atoms with Crippen LogP contribution in [0.5, 0.6) is 5.75 Å². The van der Waals surface area contributed by atoms with Crippen LogP contribution < -0.4 is 15.4 Å². The van der Waals surface area contributed by atoms with Gasteiger partial charge in [-0.05, 0) is 37.1 Å². The Labute approximate surface area is 157 Å². The van der Waals surface area contributed by atoms with Crippen LogP contribution in [0.15, 0.2) is 48.5 Å². The summed E-state index contributed by atoms with van der Waals surface area (Å²) in [6.45, 7) is 0.839. The number of rotatable bonds is 4. The van der Waals surface area contributed by atoms with E-state index in [0.717, 1.165) is 0 Å². The van der Waals surface area contributed by atoms with E-state index >= 15 is 0 Å². The summed E-state index contributed by atoms with van der Waals surface area (Å²) >= 11 is 0. The van der Waals surface area contributed by atoms with Gasteiger partial charge in [0.1, 0.15) is 11.6 Å². The first-order chi connectivity index (χ1) is 13.1. The smallest absolute Gasteiger partial charge is 0.321 e. The lowest BCUT2D eigenvalue weighted by molar-refractivity contribution is -0.121. The predicted molar refractivity (Wildman–Crippen MR) is 101 cm³/mol. The van der Waals surface area contributed by atoms with Crippen LogP contribution in [0.25, 0.3) is 0 Å². The molecule has 3 amide bonds. The number of nitrogens with zero attached hydrogens (tertiary/aromatic N) is 1. The number of likely N-dealkylation sites (tertiary alicyclic amines) is 1. The number of methoxy groups -OCH3 is 1. The molecule has 1 aliphatic heterocycles. The van der Waals surface area contributed by atoms with Crippen molar-refractivity contribution in [2.75, 3.05) is 30.8 Å². The zero-order valence-electron chi connectivity index (χ0n) is 15.1. The fourth-order valence-corrected chi connectivity index (χ4v) is 3.12. The van der Waals surface area contributed by atoms with Crippen LogP contribution in [-0.4, -0.2) is 37.0 Å². The quantitative estimate of drug-likeness (QED) is 0.861. The van der Waals surface area contributed by atoms with Gasteiger partial charge in [-0.15, -0.1) is 0 Å². The molecular weight excluding hydrogens is 349 g/mol. The molecule has 2 N–H and O–H groups in total.